The van der Waals surface area contributed by atoms with Crippen molar-refractivity contribution < 1.29 is 22.7 Å². The second kappa shape index (κ2) is 8.29. The maximum Gasteiger partial charge on any atom is 0.410 e. The van der Waals surface area contributed by atoms with Gasteiger partial charge in [0.2, 0.25) is 0 Å². The lowest BCUT2D eigenvalue weighted by Crippen LogP contribution is -2.48. The summed E-state index contributed by atoms with van der Waals surface area (Å²) in [4.78, 5) is 17.1. The fraction of sp³-hybridized carbons (Fsp3) is 0.316. The summed E-state index contributed by atoms with van der Waals surface area (Å²) >= 11 is 0. The largest absolute Gasteiger partial charge is 0.410 e. The van der Waals surface area contributed by atoms with E-state index in [9.17, 15) is 18.0 Å². The number of aromatic nitrogens is 3. The lowest BCUT2D eigenvalue weighted by atomic mass is 10.1. The highest BCUT2D eigenvalue weighted by Crippen LogP contribution is 2.34. The molecule has 0 fully saturated rings. The number of fused-ring (bicyclic) bond motifs is 3. The maximum absolute atomic E-state index is 13.6. The van der Waals surface area contributed by atoms with Crippen LogP contribution in [0, 0.1) is 0 Å². The first kappa shape index (κ1) is 22.4. The van der Waals surface area contributed by atoms with Gasteiger partial charge in [0.1, 0.15) is 23.2 Å². The van der Waals surface area contributed by atoms with Gasteiger partial charge in [-0.05, 0) is 17.7 Å². The van der Waals surface area contributed by atoms with Crippen LogP contribution in [0.25, 0.3) is 5.65 Å². The molecule has 0 saturated heterocycles. The summed E-state index contributed by atoms with van der Waals surface area (Å²) in [5.41, 5.74) is 7.84. The van der Waals surface area contributed by atoms with Crippen LogP contribution in [0.15, 0.2) is 24.4 Å². The number of anilines is 5. The Hall–Kier alpha value is -3.78. The highest BCUT2D eigenvalue weighted by Gasteiger charge is 2.41. The van der Waals surface area contributed by atoms with Crippen LogP contribution in [0.1, 0.15) is 15.9 Å². The van der Waals surface area contributed by atoms with Crippen molar-refractivity contribution >= 4 is 40.3 Å². The summed E-state index contributed by atoms with van der Waals surface area (Å²) < 4.78 is 47.4. The van der Waals surface area contributed by atoms with E-state index in [0.717, 1.165) is 6.20 Å². The van der Waals surface area contributed by atoms with Gasteiger partial charge in [-0.1, -0.05) is 0 Å². The molecule has 2 aromatic heterocycles. The molecular formula is C19H22F3N9O2. The predicted molar refractivity (Wildman–Crippen MR) is 116 cm³/mol. The molecule has 4 rings (SSSR count). The van der Waals surface area contributed by atoms with Crippen LogP contribution in [-0.4, -0.2) is 53.4 Å². The van der Waals surface area contributed by atoms with Gasteiger partial charge in [0.15, 0.2) is 5.65 Å². The fourth-order valence-electron chi connectivity index (χ4n) is 3.43. The third kappa shape index (κ3) is 4.29. The van der Waals surface area contributed by atoms with Crippen LogP contribution in [0.2, 0.25) is 0 Å². The van der Waals surface area contributed by atoms with Crippen molar-refractivity contribution in [2.45, 2.75) is 18.8 Å². The first-order valence-electron chi connectivity index (χ1n) is 9.78. The number of nitrogens with two attached hydrogens (primary N) is 2. The third-order valence-electron chi connectivity index (χ3n) is 5.09. The number of hydrazine groups is 1. The molecule has 3 heterocycles. The van der Waals surface area contributed by atoms with E-state index in [2.05, 4.69) is 20.7 Å². The monoisotopic (exact) mass is 465 g/mol. The van der Waals surface area contributed by atoms with Crippen molar-refractivity contribution in [1.29, 1.82) is 0 Å². The molecule has 0 aliphatic carbocycles. The number of hydrogen-bond donors (Lipinski definition) is 5. The average molecular weight is 465 g/mol. The molecule has 1 aliphatic rings. The number of rotatable bonds is 2. The zero-order valence-corrected chi connectivity index (χ0v) is 17.7. The van der Waals surface area contributed by atoms with Gasteiger partial charge < -0.3 is 31.4 Å². The molecule has 4 bridgehead atoms. The first-order valence-corrected chi connectivity index (χ1v) is 9.78. The normalized spacial score (nSPS) is 16.8. The van der Waals surface area contributed by atoms with E-state index in [1.165, 1.54) is 9.52 Å². The predicted octanol–water partition coefficient (Wildman–Crippen LogP) is 1.60. The summed E-state index contributed by atoms with van der Waals surface area (Å²) in [5.74, 6) is 5.62. The summed E-state index contributed by atoms with van der Waals surface area (Å²) in [6.07, 6.45) is -3.58. The Morgan fingerprint density at radius 1 is 1.33 bits per heavy atom. The number of alkyl halides is 3. The molecule has 1 amide bonds. The summed E-state index contributed by atoms with van der Waals surface area (Å²) in [5, 5.41) is 13.4. The maximum atomic E-state index is 13.6. The van der Waals surface area contributed by atoms with E-state index < -0.39 is 24.7 Å². The molecule has 1 aromatic carbocycles. The lowest BCUT2D eigenvalue weighted by Gasteiger charge is -2.23. The van der Waals surface area contributed by atoms with Crippen molar-refractivity contribution in [1.82, 2.24) is 19.9 Å². The molecule has 0 saturated carbocycles. The zero-order chi connectivity index (χ0) is 23.9. The van der Waals surface area contributed by atoms with E-state index in [1.54, 1.807) is 32.3 Å². The molecule has 1 aliphatic heterocycles. The number of hydrogen-bond acceptors (Lipinski definition) is 9. The number of nitrogens with one attached hydrogen (secondary N) is 3. The molecule has 11 nitrogen and oxygen atoms in total. The Bertz CT molecular complexity index is 1210. The summed E-state index contributed by atoms with van der Waals surface area (Å²) in [6.45, 7) is -0.971. The molecular weight excluding hydrogens is 443 g/mol. The van der Waals surface area contributed by atoms with E-state index in [1.807, 2.05) is 5.32 Å². The number of ether oxygens (including phenoxy) is 1. The SMILES string of the molecule is CNc1cc2nc3c(cnn13)C(=O)NC(C(F)(F)F)COCc1cc(c(N)c(N(C)N)c1)N2. The van der Waals surface area contributed by atoms with Gasteiger partial charge in [0.25, 0.3) is 5.91 Å². The minimum Gasteiger partial charge on any atom is -0.395 e. The number of halogens is 3. The summed E-state index contributed by atoms with van der Waals surface area (Å²) in [7, 11) is 3.21. The highest BCUT2D eigenvalue weighted by atomic mass is 19.4. The van der Waals surface area contributed by atoms with Crippen LogP contribution in [-0.2, 0) is 11.3 Å². The smallest absolute Gasteiger partial charge is 0.395 e. The highest BCUT2D eigenvalue weighted by molar-refractivity contribution is 6.00. The molecule has 176 valence electrons. The topological polar surface area (TPSA) is 148 Å². The van der Waals surface area contributed by atoms with E-state index >= 15 is 0 Å². The number of amides is 1. The third-order valence-corrected chi connectivity index (χ3v) is 5.09. The summed E-state index contributed by atoms with van der Waals surface area (Å²) in [6, 6.07) is 2.62. The zero-order valence-electron chi connectivity index (χ0n) is 17.7. The van der Waals surface area contributed by atoms with Crippen LogP contribution in [0.4, 0.5) is 41.9 Å². The molecule has 1 unspecified atom stereocenters. The van der Waals surface area contributed by atoms with Crippen molar-refractivity contribution in [3.05, 3.63) is 35.5 Å². The van der Waals surface area contributed by atoms with Gasteiger partial charge in [-0.25, -0.2) is 10.8 Å². The van der Waals surface area contributed by atoms with Gasteiger partial charge in [-0.2, -0.15) is 22.8 Å². The van der Waals surface area contributed by atoms with Crippen LogP contribution >= 0.6 is 0 Å². The second-order valence-corrected chi connectivity index (χ2v) is 7.47. The molecule has 7 N–H and O–H groups in total. The molecule has 33 heavy (non-hydrogen) atoms. The Balaban J connectivity index is 1.91. The number of nitrogens with zero attached hydrogens (tertiary/aromatic N) is 4. The second-order valence-electron chi connectivity index (χ2n) is 7.47. The van der Waals surface area contributed by atoms with Crippen LogP contribution in [0.3, 0.4) is 0 Å². The van der Waals surface area contributed by atoms with E-state index in [0.29, 0.717) is 28.4 Å². The van der Waals surface area contributed by atoms with E-state index in [4.69, 9.17) is 16.3 Å². The van der Waals surface area contributed by atoms with Crippen LogP contribution < -0.4 is 32.5 Å². The molecule has 1 atom stereocenters. The Morgan fingerprint density at radius 3 is 2.76 bits per heavy atom. The van der Waals surface area contributed by atoms with Crippen molar-refractivity contribution in [3.63, 3.8) is 0 Å². The standard InChI is InChI=1S/C19H22F3N9O2/c1-25-15-5-14-27-11-3-9(4-12(16(11)23)30(2)24)7-33-8-13(19(20,21)22)28-18(32)10-6-26-31(15)17(10)29-14/h3-6,13,25H,7-8,23-24H2,1-2H3,(H,27,29)(H,28,32). The quantitative estimate of drug-likeness (QED) is 0.216. The van der Waals surface area contributed by atoms with Crippen molar-refractivity contribution in [2.24, 2.45) is 5.84 Å². The van der Waals surface area contributed by atoms with E-state index in [-0.39, 0.29) is 23.6 Å². The average Bonchev–Trinajstić information content (AvgIpc) is 3.17. The molecule has 0 spiro atoms. The van der Waals surface area contributed by atoms with Gasteiger partial charge in [-0.15, -0.1) is 0 Å². The Morgan fingerprint density at radius 2 is 2.09 bits per heavy atom. The van der Waals surface area contributed by atoms with Crippen molar-refractivity contribution in [3.8, 4) is 0 Å². The molecule has 3 aromatic rings. The fourth-order valence-corrected chi connectivity index (χ4v) is 3.43. The molecule has 0 radical (unpaired) electrons. The van der Waals surface area contributed by atoms with Crippen LogP contribution in [0.5, 0.6) is 0 Å². The van der Waals surface area contributed by atoms with Gasteiger partial charge in [0, 0.05) is 20.2 Å². The number of benzene rings is 1. The van der Waals surface area contributed by atoms with Crippen molar-refractivity contribution in [2.75, 3.05) is 42.1 Å². The van der Waals surface area contributed by atoms with Gasteiger partial charge in [0.05, 0.1) is 36.5 Å². The number of carbonyl (C=O) groups excluding carboxylic acids is 1. The minimum atomic E-state index is -4.74. The number of nitrogen functional groups attached to an aromatic ring is 1. The van der Waals surface area contributed by atoms with Gasteiger partial charge >= 0.3 is 6.18 Å². The van der Waals surface area contributed by atoms with Gasteiger partial charge in [-0.3, -0.25) is 4.79 Å². The Labute approximate surface area is 185 Å². The lowest BCUT2D eigenvalue weighted by molar-refractivity contribution is -0.166. The molecule has 14 heteroatoms. The first-order chi connectivity index (χ1) is 15.6. The minimum absolute atomic E-state index is 0.0478. The number of carbonyl (C=O) groups is 1. The Kier molecular flexibility index (Phi) is 5.63.